The van der Waals surface area contributed by atoms with Crippen molar-refractivity contribution in [1.82, 2.24) is 25.1 Å². The van der Waals surface area contributed by atoms with Crippen molar-refractivity contribution in [3.63, 3.8) is 0 Å². The number of nitrogens with one attached hydrogen (secondary N) is 1. The van der Waals surface area contributed by atoms with Crippen molar-refractivity contribution in [2.45, 2.75) is 24.8 Å². The Kier molecular flexibility index (Phi) is 7.97. The number of hydrogen-bond acceptors (Lipinski definition) is 6. The van der Waals surface area contributed by atoms with E-state index in [0.717, 1.165) is 18.4 Å². The Balaban J connectivity index is 1.44. The summed E-state index contributed by atoms with van der Waals surface area (Å²) in [6, 6.07) is 19.9. The summed E-state index contributed by atoms with van der Waals surface area (Å²) in [5.41, 5.74) is 2.78. The zero-order chi connectivity index (χ0) is 28.1. The minimum absolute atomic E-state index is 0.113. The highest BCUT2D eigenvalue weighted by molar-refractivity contribution is 6.30. The van der Waals surface area contributed by atoms with Crippen molar-refractivity contribution in [2.75, 3.05) is 11.9 Å². The zero-order valence-electron chi connectivity index (χ0n) is 21.2. The van der Waals surface area contributed by atoms with E-state index in [2.05, 4.69) is 20.8 Å². The van der Waals surface area contributed by atoms with E-state index < -0.39 is 12.0 Å². The summed E-state index contributed by atoms with van der Waals surface area (Å²) in [5.74, 6) is -1.96. The third-order valence-corrected chi connectivity index (χ3v) is 7.04. The van der Waals surface area contributed by atoms with Gasteiger partial charge < -0.3 is 15.3 Å². The quantitative estimate of drug-likeness (QED) is 0.322. The predicted octanol–water partition coefficient (Wildman–Crippen LogP) is 4.44. The van der Waals surface area contributed by atoms with E-state index in [1.807, 2.05) is 30.3 Å². The van der Waals surface area contributed by atoms with Crippen LogP contribution in [0.5, 0.6) is 0 Å². The predicted molar refractivity (Wildman–Crippen MR) is 149 cm³/mol. The molecule has 0 bridgehead atoms. The SMILES string of the molecule is O=C(O)c1ccc(NC(=O)C2C(c3ccccc3)CCCN2C(=O)C=Cc2cc(Cl)ccc2-n2cnnn2)cc1. The van der Waals surface area contributed by atoms with Gasteiger partial charge in [0.05, 0.1) is 11.3 Å². The molecule has 2 heterocycles. The van der Waals surface area contributed by atoms with Gasteiger partial charge >= 0.3 is 5.97 Å². The molecule has 1 aromatic heterocycles. The van der Waals surface area contributed by atoms with Gasteiger partial charge in [-0.25, -0.2) is 4.79 Å². The Morgan fingerprint density at radius 3 is 2.50 bits per heavy atom. The molecule has 1 fully saturated rings. The molecule has 2 atom stereocenters. The molecule has 1 aliphatic heterocycles. The average Bonchev–Trinajstić information content (AvgIpc) is 3.51. The van der Waals surface area contributed by atoms with Crippen molar-refractivity contribution >= 4 is 41.1 Å². The fraction of sp³-hybridized carbons (Fsp3) is 0.172. The van der Waals surface area contributed by atoms with Gasteiger partial charge in [-0.3, -0.25) is 9.59 Å². The number of hydrogen-bond donors (Lipinski definition) is 2. The number of tetrazole rings is 1. The summed E-state index contributed by atoms with van der Waals surface area (Å²) in [7, 11) is 0. The number of benzene rings is 3. The van der Waals surface area contributed by atoms with Crippen molar-refractivity contribution < 1.29 is 19.5 Å². The molecule has 1 aliphatic rings. The first-order valence-corrected chi connectivity index (χ1v) is 13.0. The summed E-state index contributed by atoms with van der Waals surface area (Å²) in [5, 5.41) is 23.8. The minimum atomic E-state index is -1.05. The van der Waals surface area contributed by atoms with Gasteiger partial charge in [0, 0.05) is 34.8 Å². The lowest BCUT2D eigenvalue weighted by Crippen LogP contribution is -2.53. The maximum Gasteiger partial charge on any atom is 0.335 e. The van der Waals surface area contributed by atoms with E-state index in [-0.39, 0.29) is 23.3 Å². The molecule has 202 valence electrons. The number of nitrogens with zero attached hydrogens (tertiary/aromatic N) is 5. The molecule has 0 aliphatic carbocycles. The van der Waals surface area contributed by atoms with E-state index in [9.17, 15) is 19.5 Å². The highest BCUT2D eigenvalue weighted by atomic mass is 35.5. The Morgan fingerprint density at radius 2 is 1.80 bits per heavy atom. The molecule has 11 heteroatoms. The lowest BCUT2D eigenvalue weighted by molar-refractivity contribution is -0.137. The van der Waals surface area contributed by atoms with Crippen molar-refractivity contribution in [2.24, 2.45) is 0 Å². The van der Waals surface area contributed by atoms with Crippen LogP contribution in [0.25, 0.3) is 11.8 Å². The second kappa shape index (κ2) is 11.9. The van der Waals surface area contributed by atoms with Crippen LogP contribution in [-0.2, 0) is 9.59 Å². The second-order valence-electron chi connectivity index (χ2n) is 9.30. The van der Waals surface area contributed by atoms with Crippen LogP contribution < -0.4 is 5.32 Å². The van der Waals surface area contributed by atoms with Gasteiger partial charge in [0.2, 0.25) is 11.8 Å². The normalized spacial score (nSPS) is 17.1. The molecule has 2 N–H and O–H groups in total. The number of amides is 2. The van der Waals surface area contributed by atoms with Crippen LogP contribution in [-0.4, -0.2) is 60.6 Å². The molecule has 10 nitrogen and oxygen atoms in total. The molecule has 2 unspecified atom stereocenters. The molecule has 2 amide bonds. The van der Waals surface area contributed by atoms with Gasteiger partial charge in [0.1, 0.15) is 12.4 Å². The highest BCUT2D eigenvalue weighted by Gasteiger charge is 2.39. The van der Waals surface area contributed by atoms with Gasteiger partial charge in [-0.2, -0.15) is 4.68 Å². The Morgan fingerprint density at radius 1 is 1.02 bits per heavy atom. The maximum absolute atomic E-state index is 13.7. The number of carboxylic acid groups (broad SMARTS) is 1. The standard InChI is InChI=1S/C29H25ClN6O4/c30-22-11-14-25(36-18-31-33-34-36)21(17-22)10-15-26(37)35-16-4-7-24(19-5-2-1-3-6-19)27(35)28(38)32-23-12-8-20(9-13-23)29(39)40/h1-3,5-6,8-15,17-18,24,27H,4,7,16H2,(H,32,38)(H,39,40). The van der Waals surface area contributed by atoms with Gasteiger partial charge in [-0.05, 0) is 77.4 Å². The molecule has 0 spiro atoms. The topological polar surface area (TPSA) is 130 Å². The van der Waals surface area contributed by atoms with E-state index in [1.54, 1.807) is 29.2 Å². The Bertz CT molecular complexity index is 1540. The van der Waals surface area contributed by atoms with Crippen LogP contribution in [0.1, 0.15) is 40.2 Å². The van der Waals surface area contributed by atoms with Gasteiger partial charge in [-0.1, -0.05) is 41.9 Å². The molecule has 3 aromatic carbocycles. The van der Waals surface area contributed by atoms with Crippen LogP contribution in [0.4, 0.5) is 5.69 Å². The van der Waals surface area contributed by atoms with E-state index in [4.69, 9.17) is 11.6 Å². The molecule has 40 heavy (non-hydrogen) atoms. The fourth-order valence-electron chi connectivity index (χ4n) is 4.92. The number of carbonyl (C=O) groups is 3. The highest BCUT2D eigenvalue weighted by Crippen LogP contribution is 2.34. The largest absolute Gasteiger partial charge is 0.478 e. The van der Waals surface area contributed by atoms with Crippen molar-refractivity contribution in [3.05, 3.63) is 107 Å². The van der Waals surface area contributed by atoms with Crippen LogP contribution in [0.3, 0.4) is 0 Å². The average molecular weight is 557 g/mol. The summed E-state index contributed by atoms with van der Waals surface area (Å²) in [4.78, 5) is 40.2. The van der Waals surface area contributed by atoms with Crippen molar-refractivity contribution in [3.8, 4) is 5.69 Å². The number of carbonyl (C=O) groups excluding carboxylic acids is 2. The van der Waals surface area contributed by atoms with E-state index in [0.29, 0.717) is 28.5 Å². The summed E-state index contributed by atoms with van der Waals surface area (Å²) in [6.07, 6.45) is 5.96. The molecular weight excluding hydrogens is 532 g/mol. The maximum atomic E-state index is 13.7. The lowest BCUT2D eigenvalue weighted by atomic mass is 9.82. The fourth-order valence-corrected chi connectivity index (χ4v) is 5.11. The minimum Gasteiger partial charge on any atom is -0.478 e. The van der Waals surface area contributed by atoms with Crippen molar-refractivity contribution in [1.29, 1.82) is 0 Å². The van der Waals surface area contributed by atoms with E-state index >= 15 is 0 Å². The molecule has 0 radical (unpaired) electrons. The Hall–Kier alpha value is -4.83. The smallest absolute Gasteiger partial charge is 0.335 e. The molecular formula is C29H25ClN6O4. The van der Waals surface area contributed by atoms with Gasteiger partial charge in [0.15, 0.2) is 0 Å². The Labute approximate surface area is 234 Å². The number of piperidine rings is 1. The molecule has 5 rings (SSSR count). The van der Waals surface area contributed by atoms with Crippen LogP contribution >= 0.6 is 11.6 Å². The zero-order valence-corrected chi connectivity index (χ0v) is 22.0. The number of aromatic nitrogens is 4. The first kappa shape index (κ1) is 26.8. The number of likely N-dealkylation sites (tertiary alicyclic amines) is 1. The number of aromatic carboxylic acids is 1. The summed E-state index contributed by atoms with van der Waals surface area (Å²) < 4.78 is 1.47. The van der Waals surface area contributed by atoms with Gasteiger partial charge in [-0.15, -0.1) is 5.10 Å². The monoisotopic (exact) mass is 556 g/mol. The second-order valence-corrected chi connectivity index (χ2v) is 9.73. The molecule has 1 saturated heterocycles. The molecule has 4 aromatic rings. The number of anilines is 1. The summed E-state index contributed by atoms with van der Waals surface area (Å²) >= 11 is 6.22. The first-order chi connectivity index (χ1) is 19.4. The third kappa shape index (κ3) is 5.92. The van der Waals surface area contributed by atoms with Gasteiger partial charge in [0.25, 0.3) is 0 Å². The van der Waals surface area contributed by atoms with E-state index in [1.165, 1.54) is 41.4 Å². The molecule has 0 saturated carbocycles. The van der Waals surface area contributed by atoms with Crippen LogP contribution in [0.2, 0.25) is 5.02 Å². The number of carboxylic acids is 1. The number of halogens is 1. The van der Waals surface area contributed by atoms with Crippen LogP contribution in [0.15, 0.2) is 85.2 Å². The number of rotatable bonds is 7. The first-order valence-electron chi connectivity index (χ1n) is 12.6. The lowest BCUT2D eigenvalue weighted by Gasteiger charge is -2.40. The van der Waals surface area contributed by atoms with Crippen LogP contribution in [0, 0.1) is 0 Å². The third-order valence-electron chi connectivity index (χ3n) is 6.80. The summed E-state index contributed by atoms with van der Waals surface area (Å²) in [6.45, 7) is 0.401.